The molecule has 1 aromatic carbocycles. The molecule has 0 radical (unpaired) electrons. The van der Waals surface area contributed by atoms with Gasteiger partial charge in [0, 0.05) is 12.0 Å². The fraction of sp³-hybridized carbons (Fsp3) is 0.500. The zero-order chi connectivity index (χ0) is 13.4. The second kappa shape index (κ2) is 5.02. The number of benzene rings is 1. The first-order chi connectivity index (χ1) is 9.90. The molecule has 1 atom stereocenters. The van der Waals surface area contributed by atoms with Gasteiger partial charge in [0.25, 0.3) is 0 Å². The molecule has 0 amide bonds. The van der Waals surface area contributed by atoms with Crippen molar-refractivity contribution in [2.45, 2.75) is 44.2 Å². The maximum atomic E-state index is 5.79. The van der Waals surface area contributed by atoms with E-state index >= 15 is 0 Å². The van der Waals surface area contributed by atoms with E-state index in [-0.39, 0.29) is 0 Å². The molecule has 1 aromatic heterocycles. The lowest BCUT2D eigenvalue weighted by Gasteiger charge is -2.23. The second-order valence-electron chi connectivity index (χ2n) is 5.85. The summed E-state index contributed by atoms with van der Waals surface area (Å²) in [6, 6.07) is 11.2. The van der Waals surface area contributed by atoms with Crippen molar-refractivity contribution in [3.63, 3.8) is 0 Å². The van der Waals surface area contributed by atoms with Crippen LogP contribution < -0.4 is 0 Å². The van der Waals surface area contributed by atoms with Crippen LogP contribution in [0, 0.1) is 0 Å². The third-order valence-electron chi connectivity index (χ3n) is 4.30. The van der Waals surface area contributed by atoms with Crippen molar-refractivity contribution in [3.8, 4) is 0 Å². The minimum atomic E-state index is 0.493. The highest BCUT2D eigenvalue weighted by atomic mass is 16.4. The van der Waals surface area contributed by atoms with E-state index in [9.17, 15) is 0 Å². The fourth-order valence-electron chi connectivity index (χ4n) is 3.07. The van der Waals surface area contributed by atoms with Crippen LogP contribution in [0.4, 0.5) is 0 Å². The maximum Gasteiger partial charge on any atom is 0.230 e. The van der Waals surface area contributed by atoms with Crippen molar-refractivity contribution < 1.29 is 4.42 Å². The summed E-state index contributed by atoms with van der Waals surface area (Å²) < 4.78 is 5.79. The first-order valence-electron chi connectivity index (χ1n) is 7.51. The third-order valence-corrected chi connectivity index (χ3v) is 4.30. The minimum Gasteiger partial charge on any atom is -0.424 e. The Hall–Kier alpha value is -1.68. The van der Waals surface area contributed by atoms with Crippen LogP contribution in [0.1, 0.15) is 55.0 Å². The Labute approximate surface area is 118 Å². The molecule has 4 heteroatoms. The highest BCUT2D eigenvalue weighted by molar-refractivity contribution is 5.20. The zero-order valence-corrected chi connectivity index (χ0v) is 11.5. The lowest BCUT2D eigenvalue weighted by molar-refractivity contribution is 0.221. The Bertz CT molecular complexity index is 576. The van der Waals surface area contributed by atoms with E-state index in [0.717, 1.165) is 24.9 Å². The maximum absolute atomic E-state index is 5.79. The van der Waals surface area contributed by atoms with Crippen molar-refractivity contribution in [3.05, 3.63) is 47.7 Å². The largest absolute Gasteiger partial charge is 0.424 e. The molecule has 4 nitrogen and oxygen atoms in total. The molecule has 20 heavy (non-hydrogen) atoms. The van der Waals surface area contributed by atoms with E-state index in [0.29, 0.717) is 12.0 Å². The van der Waals surface area contributed by atoms with Crippen LogP contribution in [0.15, 0.2) is 34.7 Å². The van der Waals surface area contributed by atoms with Crippen molar-refractivity contribution in [1.82, 2.24) is 15.1 Å². The molecule has 2 aliphatic rings. The predicted octanol–water partition coefficient (Wildman–Crippen LogP) is 3.28. The number of likely N-dealkylation sites (tertiary alicyclic amines) is 1. The average Bonchev–Trinajstić information content (AvgIpc) is 3.06. The van der Waals surface area contributed by atoms with E-state index < -0.39 is 0 Å². The molecule has 1 saturated heterocycles. The average molecular weight is 269 g/mol. The van der Waals surface area contributed by atoms with Gasteiger partial charge >= 0.3 is 0 Å². The van der Waals surface area contributed by atoms with Crippen molar-refractivity contribution >= 4 is 0 Å². The van der Waals surface area contributed by atoms with Gasteiger partial charge in [-0.15, -0.1) is 10.2 Å². The van der Waals surface area contributed by atoms with Gasteiger partial charge in [-0.1, -0.05) is 30.3 Å². The third kappa shape index (κ3) is 2.36. The van der Waals surface area contributed by atoms with E-state index in [1.54, 1.807) is 0 Å². The Morgan fingerprint density at radius 1 is 1.10 bits per heavy atom. The molecular weight excluding hydrogens is 250 g/mol. The van der Waals surface area contributed by atoms with Crippen LogP contribution in [0.5, 0.6) is 0 Å². The minimum absolute atomic E-state index is 0.493. The summed E-state index contributed by atoms with van der Waals surface area (Å²) in [6.07, 6.45) is 4.87. The molecule has 0 spiro atoms. The molecule has 104 valence electrons. The predicted molar refractivity (Wildman–Crippen MR) is 75.1 cm³/mol. The van der Waals surface area contributed by atoms with Gasteiger partial charge in [0.2, 0.25) is 11.8 Å². The molecule has 2 fully saturated rings. The van der Waals surface area contributed by atoms with Gasteiger partial charge in [-0.2, -0.15) is 0 Å². The molecular formula is C16H19N3O. The Balaban J connectivity index is 1.49. The van der Waals surface area contributed by atoms with Crippen molar-refractivity contribution in [2.24, 2.45) is 0 Å². The van der Waals surface area contributed by atoms with Gasteiger partial charge in [-0.3, -0.25) is 4.90 Å². The van der Waals surface area contributed by atoms with Gasteiger partial charge < -0.3 is 4.42 Å². The summed E-state index contributed by atoms with van der Waals surface area (Å²) in [7, 11) is 0. The fourth-order valence-corrected chi connectivity index (χ4v) is 3.07. The molecule has 1 aliphatic heterocycles. The topological polar surface area (TPSA) is 42.2 Å². The first-order valence-corrected chi connectivity index (χ1v) is 7.51. The molecule has 1 unspecified atom stereocenters. The van der Waals surface area contributed by atoms with Crippen LogP contribution >= 0.6 is 0 Å². The first kappa shape index (κ1) is 12.1. The number of hydrogen-bond donors (Lipinski definition) is 0. The molecule has 0 N–H and O–H groups in total. The Morgan fingerprint density at radius 3 is 2.75 bits per heavy atom. The highest BCUT2D eigenvalue weighted by Gasteiger charge is 2.31. The van der Waals surface area contributed by atoms with Gasteiger partial charge in [-0.25, -0.2) is 0 Å². The zero-order valence-electron chi connectivity index (χ0n) is 11.5. The summed E-state index contributed by atoms with van der Waals surface area (Å²) in [5.74, 6) is 2.16. The van der Waals surface area contributed by atoms with Crippen LogP contribution in [0.3, 0.4) is 0 Å². The van der Waals surface area contributed by atoms with Crippen molar-refractivity contribution in [2.75, 3.05) is 6.54 Å². The number of hydrogen-bond acceptors (Lipinski definition) is 4. The number of rotatable bonds is 4. The number of aromatic nitrogens is 2. The van der Waals surface area contributed by atoms with E-state index in [2.05, 4.69) is 45.4 Å². The van der Waals surface area contributed by atoms with E-state index in [4.69, 9.17) is 4.42 Å². The van der Waals surface area contributed by atoms with E-state index in [1.165, 1.54) is 31.2 Å². The lowest BCUT2D eigenvalue weighted by Crippen LogP contribution is -2.22. The SMILES string of the molecule is c1ccc(C2CCCN2Cc2nnc(C3CC3)o2)cc1. The molecule has 1 aliphatic carbocycles. The van der Waals surface area contributed by atoms with Crippen LogP contribution in [-0.2, 0) is 6.54 Å². The normalized spacial score (nSPS) is 23.3. The summed E-state index contributed by atoms with van der Waals surface area (Å²) in [5.41, 5.74) is 1.40. The standard InChI is InChI=1S/C16H19N3O/c1-2-5-12(6-3-1)14-7-4-10-19(14)11-15-17-18-16(20-15)13-8-9-13/h1-3,5-6,13-14H,4,7-11H2. The number of nitrogens with zero attached hydrogens (tertiary/aromatic N) is 3. The van der Waals surface area contributed by atoms with Gasteiger partial charge in [0.15, 0.2) is 0 Å². The van der Waals surface area contributed by atoms with Crippen LogP contribution in [0.2, 0.25) is 0 Å². The van der Waals surface area contributed by atoms with Gasteiger partial charge in [0.1, 0.15) is 0 Å². The smallest absolute Gasteiger partial charge is 0.230 e. The molecule has 2 aromatic rings. The molecule has 0 bridgehead atoms. The quantitative estimate of drug-likeness (QED) is 0.854. The molecule has 1 saturated carbocycles. The second-order valence-corrected chi connectivity index (χ2v) is 5.85. The highest BCUT2D eigenvalue weighted by Crippen LogP contribution is 2.39. The van der Waals surface area contributed by atoms with Gasteiger partial charge in [0.05, 0.1) is 6.54 Å². The Morgan fingerprint density at radius 2 is 1.95 bits per heavy atom. The lowest BCUT2D eigenvalue weighted by atomic mass is 10.0. The summed E-state index contributed by atoms with van der Waals surface area (Å²) >= 11 is 0. The van der Waals surface area contributed by atoms with E-state index in [1.807, 2.05) is 0 Å². The molecule has 2 heterocycles. The Kier molecular flexibility index (Phi) is 3.03. The molecule has 4 rings (SSSR count). The van der Waals surface area contributed by atoms with Crippen LogP contribution in [-0.4, -0.2) is 21.6 Å². The summed E-state index contributed by atoms with van der Waals surface area (Å²) in [5, 5.41) is 8.39. The monoisotopic (exact) mass is 269 g/mol. The summed E-state index contributed by atoms with van der Waals surface area (Å²) in [6.45, 7) is 1.89. The van der Waals surface area contributed by atoms with Crippen LogP contribution in [0.25, 0.3) is 0 Å². The van der Waals surface area contributed by atoms with Gasteiger partial charge in [-0.05, 0) is 37.8 Å². The van der Waals surface area contributed by atoms with Crippen molar-refractivity contribution in [1.29, 1.82) is 0 Å². The summed E-state index contributed by atoms with van der Waals surface area (Å²) in [4.78, 5) is 2.46.